The number of fused-ring (bicyclic) bond motifs is 2. The summed E-state index contributed by atoms with van der Waals surface area (Å²) in [5.74, 6) is 0.861. The van der Waals surface area contributed by atoms with E-state index in [-0.39, 0.29) is 11.9 Å². The van der Waals surface area contributed by atoms with Crippen LogP contribution in [0.4, 0.5) is 0 Å². The maximum atomic E-state index is 13.7. The number of benzene rings is 4. The summed E-state index contributed by atoms with van der Waals surface area (Å²) in [5, 5.41) is 1.13. The molecule has 2 heterocycles. The van der Waals surface area contributed by atoms with E-state index in [1.54, 1.807) is 7.11 Å². The molecule has 0 fully saturated rings. The van der Waals surface area contributed by atoms with Gasteiger partial charge in [-0.3, -0.25) is 4.79 Å². The number of methoxy groups -OCH3 is 1. The van der Waals surface area contributed by atoms with Crippen molar-refractivity contribution in [1.82, 2.24) is 9.88 Å². The second-order valence-electron chi connectivity index (χ2n) is 8.60. The Morgan fingerprint density at radius 1 is 0.824 bits per heavy atom. The fraction of sp³-hybridized carbons (Fsp3) is 0.100. The summed E-state index contributed by atoms with van der Waals surface area (Å²) in [5.41, 5.74) is 7.23. The Kier molecular flexibility index (Phi) is 4.92. The molecule has 0 saturated heterocycles. The molecule has 4 aromatic carbocycles. The molecule has 1 N–H and O–H groups in total. The fourth-order valence-electron chi connectivity index (χ4n) is 5.05. The molecule has 0 bridgehead atoms. The normalized spacial score (nSPS) is 15.0. The number of carbonyl (C=O) groups excluding carboxylic acids is 1. The van der Waals surface area contributed by atoms with Gasteiger partial charge in [0.05, 0.1) is 18.8 Å². The molecule has 1 aliphatic rings. The van der Waals surface area contributed by atoms with Gasteiger partial charge in [0.1, 0.15) is 5.75 Å². The van der Waals surface area contributed by atoms with E-state index >= 15 is 0 Å². The first kappa shape index (κ1) is 20.3. The Hall–Kier alpha value is -4.31. The zero-order valence-corrected chi connectivity index (χ0v) is 18.9. The van der Waals surface area contributed by atoms with Crippen LogP contribution in [0.25, 0.3) is 22.2 Å². The third-order valence-electron chi connectivity index (χ3n) is 6.65. The molecule has 1 amide bonds. The Labute approximate surface area is 198 Å². The molecule has 0 aliphatic carbocycles. The number of carbonyl (C=O) groups is 1. The average Bonchev–Trinajstić information content (AvgIpc) is 3.40. The van der Waals surface area contributed by atoms with Crippen LogP contribution in [0.3, 0.4) is 0 Å². The summed E-state index contributed by atoms with van der Waals surface area (Å²) in [6, 6.07) is 34.4. The molecule has 1 aromatic heterocycles. The van der Waals surface area contributed by atoms with Crippen molar-refractivity contribution in [1.29, 1.82) is 0 Å². The van der Waals surface area contributed by atoms with E-state index in [2.05, 4.69) is 41.4 Å². The molecule has 166 valence electrons. The first-order chi connectivity index (χ1) is 16.7. The van der Waals surface area contributed by atoms with Gasteiger partial charge >= 0.3 is 0 Å². The van der Waals surface area contributed by atoms with Crippen molar-refractivity contribution in [2.45, 2.75) is 12.6 Å². The summed E-state index contributed by atoms with van der Waals surface area (Å²) in [7, 11) is 1.66. The largest absolute Gasteiger partial charge is 0.497 e. The molecule has 0 unspecified atom stereocenters. The van der Waals surface area contributed by atoms with Crippen molar-refractivity contribution < 1.29 is 9.53 Å². The highest BCUT2D eigenvalue weighted by Crippen LogP contribution is 2.46. The summed E-state index contributed by atoms with van der Waals surface area (Å²) < 4.78 is 5.32. The van der Waals surface area contributed by atoms with Gasteiger partial charge in [-0.2, -0.15) is 0 Å². The smallest absolute Gasteiger partial charge is 0.255 e. The molecular formula is C30H24N2O2. The van der Waals surface area contributed by atoms with Crippen LogP contribution >= 0.6 is 0 Å². The maximum Gasteiger partial charge on any atom is 0.255 e. The first-order valence-corrected chi connectivity index (χ1v) is 11.4. The number of amides is 1. The van der Waals surface area contributed by atoms with Crippen LogP contribution in [0, 0.1) is 0 Å². The van der Waals surface area contributed by atoms with Crippen LogP contribution in [0.2, 0.25) is 0 Å². The number of aromatic amines is 1. The van der Waals surface area contributed by atoms with E-state index in [9.17, 15) is 4.79 Å². The minimum atomic E-state index is -0.197. The van der Waals surface area contributed by atoms with E-state index in [1.807, 2.05) is 71.6 Å². The van der Waals surface area contributed by atoms with Crippen molar-refractivity contribution in [3.05, 3.63) is 125 Å². The van der Waals surface area contributed by atoms with Crippen LogP contribution in [0.15, 0.2) is 103 Å². The summed E-state index contributed by atoms with van der Waals surface area (Å²) in [6.45, 7) is 0.510. The molecule has 0 spiro atoms. The standard InChI is InChI=1S/C30H24N2O2/c1-34-22-17-15-20(16-18-22)19-32-29(23-11-5-6-12-24(23)30(32)33)27-25-13-7-8-14-26(25)31-28(27)21-9-3-2-4-10-21/h2-18,29,31H,19H2,1H3/t29-/m1/s1. The average molecular weight is 445 g/mol. The summed E-state index contributed by atoms with van der Waals surface area (Å²) >= 11 is 0. The molecule has 5 aromatic rings. The van der Waals surface area contributed by atoms with E-state index in [0.29, 0.717) is 6.54 Å². The highest BCUT2D eigenvalue weighted by Gasteiger charge is 2.40. The van der Waals surface area contributed by atoms with Gasteiger partial charge < -0.3 is 14.6 Å². The highest BCUT2D eigenvalue weighted by molar-refractivity contribution is 6.02. The van der Waals surface area contributed by atoms with Gasteiger partial charge in [-0.05, 0) is 41.0 Å². The van der Waals surface area contributed by atoms with Crippen molar-refractivity contribution in [2.24, 2.45) is 0 Å². The first-order valence-electron chi connectivity index (χ1n) is 11.4. The minimum Gasteiger partial charge on any atom is -0.497 e. The van der Waals surface area contributed by atoms with Crippen LogP contribution in [-0.2, 0) is 6.54 Å². The van der Waals surface area contributed by atoms with E-state index in [4.69, 9.17) is 4.74 Å². The Morgan fingerprint density at radius 2 is 1.53 bits per heavy atom. The number of H-pyrrole nitrogens is 1. The number of nitrogens with zero attached hydrogens (tertiary/aromatic N) is 1. The molecule has 1 aliphatic heterocycles. The lowest BCUT2D eigenvalue weighted by atomic mass is 9.93. The molecule has 1 atom stereocenters. The molecule has 4 nitrogen and oxygen atoms in total. The van der Waals surface area contributed by atoms with Gasteiger partial charge in [0.15, 0.2) is 0 Å². The summed E-state index contributed by atoms with van der Waals surface area (Å²) in [4.78, 5) is 19.3. The topological polar surface area (TPSA) is 45.3 Å². The van der Waals surface area contributed by atoms with Gasteiger partial charge in [-0.15, -0.1) is 0 Å². The number of hydrogen-bond donors (Lipinski definition) is 1. The fourth-order valence-corrected chi connectivity index (χ4v) is 5.05. The minimum absolute atomic E-state index is 0.0562. The predicted octanol–water partition coefficient (Wildman–Crippen LogP) is 6.59. The van der Waals surface area contributed by atoms with Crippen LogP contribution in [0.1, 0.15) is 33.1 Å². The number of nitrogens with one attached hydrogen (secondary N) is 1. The van der Waals surface area contributed by atoms with Crippen LogP contribution in [-0.4, -0.2) is 22.9 Å². The van der Waals surface area contributed by atoms with Gasteiger partial charge in [0.25, 0.3) is 5.91 Å². The third-order valence-corrected chi connectivity index (χ3v) is 6.65. The SMILES string of the molecule is COc1ccc(CN2C(=O)c3ccccc3[C@@H]2c2c(-c3ccccc3)[nH]c3ccccc23)cc1. The number of hydrogen-bond acceptors (Lipinski definition) is 2. The molecular weight excluding hydrogens is 420 g/mol. The van der Waals surface area contributed by atoms with Gasteiger partial charge in [-0.25, -0.2) is 0 Å². The number of para-hydroxylation sites is 1. The summed E-state index contributed by atoms with van der Waals surface area (Å²) in [6.07, 6.45) is 0. The monoisotopic (exact) mass is 444 g/mol. The van der Waals surface area contributed by atoms with E-state index in [0.717, 1.165) is 50.2 Å². The second-order valence-corrected chi connectivity index (χ2v) is 8.60. The van der Waals surface area contributed by atoms with Gasteiger partial charge in [0, 0.05) is 28.6 Å². The quantitative estimate of drug-likeness (QED) is 0.332. The zero-order valence-electron chi connectivity index (χ0n) is 18.9. The third kappa shape index (κ3) is 3.27. The lowest BCUT2D eigenvalue weighted by Crippen LogP contribution is -2.28. The Balaban J connectivity index is 1.56. The molecule has 34 heavy (non-hydrogen) atoms. The van der Waals surface area contributed by atoms with Gasteiger partial charge in [-0.1, -0.05) is 78.9 Å². The molecule has 4 heteroatoms. The highest BCUT2D eigenvalue weighted by atomic mass is 16.5. The number of ether oxygens (including phenoxy) is 1. The molecule has 0 radical (unpaired) electrons. The van der Waals surface area contributed by atoms with E-state index in [1.165, 1.54) is 0 Å². The number of aromatic nitrogens is 1. The predicted molar refractivity (Wildman–Crippen MR) is 135 cm³/mol. The Bertz CT molecular complexity index is 1490. The maximum absolute atomic E-state index is 13.7. The van der Waals surface area contributed by atoms with E-state index < -0.39 is 0 Å². The van der Waals surface area contributed by atoms with Gasteiger partial charge in [0.2, 0.25) is 0 Å². The number of rotatable bonds is 5. The lowest BCUT2D eigenvalue weighted by molar-refractivity contribution is 0.0737. The zero-order chi connectivity index (χ0) is 23.1. The molecule has 6 rings (SSSR count). The van der Waals surface area contributed by atoms with Crippen molar-refractivity contribution in [3.63, 3.8) is 0 Å². The Morgan fingerprint density at radius 3 is 2.32 bits per heavy atom. The molecule has 0 saturated carbocycles. The van der Waals surface area contributed by atoms with Crippen LogP contribution in [0.5, 0.6) is 5.75 Å². The van der Waals surface area contributed by atoms with Crippen molar-refractivity contribution in [3.8, 4) is 17.0 Å². The van der Waals surface area contributed by atoms with Crippen molar-refractivity contribution in [2.75, 3.05) is 7.11 Å². The second kappa shape index (κ2) is 8.23. The van der Waals surface area contributed by atoms with Crippen molar-refractivity contribution >= 4 is 16.8 Å². The van der Waals surface area contributed by atoms with Crippen LogP contribution < -0.4 is 4.74 Å². The lowest BCUT2D eigenvalue weighted by Gasteiger charge is -2.27.